The van der Waals surface area contributed by atoms with Crippen LogP contribution in [0.2, 0.25) is 0 Å². The predicted octanol–water partition coefficient (Wildman–Crippen LogP) is 3.14. The van der Waals surface area contributed by atoms with E-state index >= 15 is 0 Å². The zero-order chi connectivity index (χ0) is 15.4. The fourth-order valence-corrected chi connectivity index (χ4v) is 2.02. The van der Waals surface area contributed by atoms with E-state index in [1.807, 2.05) is 13.0 Å². The number of hydrogen-bond donors (Lipinski definition) is 1. The second-order valence-electron chi connectivity index (χ2n) is 4.90. The van der Waals surface area contributed by atoms with E-state index < -0.39 is 0 Å². The Morgan fingerprint density at radius 3 is 2.62 bits per heavy atom. The molecule has 0 fully saturated rings. The van der Waals surface area contributed by atoms with Crippen molar-refractivity contribution >= 4 is 0 Å². The molecule has 2 N–H and O–H groups in total. The lowest BCUT2D eigenvalue weighted by Gasteiger charge is -2.11. The van der Waals surface area contributed by atoms with Crippen LogP contribution in [0.25, 0.3) is 0 Å². The van der Waals surface area contributed by atoms with Crippen molar-refractivity contribution in [3.63, 3.8) is 0 Å². The summed E-state index contributed by atoms with van der Waals surface area (Å²) in [5.41, 5.74) is 7.71. The summed E-state index contributed by atoms with van der Waals surface area (Å²) in [6.07, 6.45) is 0. The fourth-order valence-electron chi connectivity index (χ4n) is 2.02. The number of rotatable bonds is 5. The minimum Gasteiger partial charge on any atom is -0.497 e. The molecule has 21 heavy (non-hydrogen) atoms. The molecule has 1 heterocycles. The highest BCUT2D eigenvalue weighted by Crippen LogP contribution is 2.22. The summed E-state index contributed by atoms with van der Waals surface area (Å²) < 4.78 is 24.6. The van der Waals surface area contributed by atoms with E-state index in [0.29, 0.717) is 11.3 Å². The van der Waals surface area contributed by atoms with Crippen molar-refractivity contribution in [1.82, 2.24) is 4.98 Å². The molecular formula is C16H19FN2O2. The first-order valence-corrected chi connectivity index (χ1v) is 6.69. The van der Waals surface area contributed by atoms with Crippen LogP contribution < -0.4 is 15.2 Å². The number of halogens is 1. The Kier molecular flexibility index (Phi) is 4.75. The summed E-state index contributed by atoms with van der Waals surface area (Å²) in [7, 11) is 1.60. The molecule has 0 saturated carbocycles. The lowest BCUT2D eigenvalue weighted by atomic mass is 10.1. The van der Waals surface area contributed by atoms with E-state index in [4.69, 9.17) is 15.2 Å². The monoisotopic (exact) mass is 290 g/mol. The smallest absolute Gasteiger partial charge is 0.131 e. The van der Waals surface area contributed by atoms with Gasteiger partial charge in [-0.05, 0) is 19.9 Å². The van der Waals surface area contributed by atoms with Gasteiger partial charge >= 0.3 is 0 Å². The first-order valence-electron chi connectivity index (χ1n) is 6.69. The molecule has 2 aromatic rings. The minimum atomic E-state index is -0.364. The molecule has 0 saturated heterocycles. The summed E-state index contributed by atoms with van der Waals surface area (Å²) >= 11 is 0. The zero-order valence-electron chi connectivity index (χ0n) is 12.4. The van der Waals surface area contributed by atoms with Gasteiger partial charge in [-0.15, -0.1) is 0 Å². The van der Waals surface area contributed by atoms with Crippen molar-refractivity contribution in [1.29, 1.82) is 0 Å². The third kappa shape index (κ3) is 3.92. The molecule has 5 heteroatoms. The fraction of sp³-hybridized carbons (Fsp3) is 0.312. The van der Waals surface area contributed by atoms with Crippen LogP contribution in [0.5, 0.6) is 11.5 Å². The topological polar surface area (TPSA) is 57.4 Å². The molecule has 1 aromatic heterocycles. The van der Waals surface area contributed by atoms with Gasteiger partial charge in [-0.25, -0.2) is 4.39 Å². The molecule has 0 aliphatic carbocycles. The number of benzene rings is 1. The largest absolute Gasteiger partial charge is 0.497 e. The van der Waals surface area contributed by atoms with Crippen LogP contribution in [-0.4, -0.2) is 12.1 Å². The number of aryl methyl sites for hydroxylation is 1. The maximum Gasteiger partial charge on any atom is 0.131 e. The van der Waals surface area contributed by atoms with Crippen LogP contribution in [0.3, 0.4) is 0 Å². The zero-order valence-corrected chi connectivity index (χ0v) is 12.4. The second-order valence-corrected chi connectivity index (χ2v) is 4.90. The van der Waals surface area contributed by atoms with Crippen LogP contribution in [0.1, 0.15) is 29.9 Å². The van der Waals surface area contributed by atoms with Gasteiger partial charge in [0, 0.05) is 35.5 Å². The Labute approximate surface area is 123 Å². The number of nitrogens with two attached hydrogens (primary N) is 1. The predicted molar refractivity (Wildman–Crippen MR) is 78.9 cm³/mol. The van der Waals surface area contributed by atoms with Gasteiger partial charge in [-0.2, -0.15) is 0 Å². The van der Waals surface area contributed by atoms with Crippen molar-refractivity contribution in [3.8, 4) is 11.5 Å². The highest BCUT2D eigenvalue weighted by Gasteiger charge is 2.08. The molecular weight excluding hydrogens is 271 g/mol. The Morgan fingerprint density at radius 2 is 2.00 bits per heavy atom. The maximum absolute atomic E-state index is 13.8. The average molecular weight is 290 g/mol. The average Bonchev–Trinajstić information content (AvgIpc) is 2.44. The molecule has 0 aliphatic heterocycles. The maximum atomic E-state index is 13.8. The number of hydrogen-bond acceptors (Lipinski definition) is 4. The van der Waals surface area contributed by atoms with Gasteiger partial charge in [-0.1, -0.05) is 6.07 Å². The Balaban J connectivity index is 2.09. The number of nitrogens with zero attached hydrogens (tertiary/aromatic N) is 1. The van der Waals surface area contributed by atoms with Crippen LogP contribution >= 0.6 is 0 Å². The first kappa shape index (κ1) is 15.3. The highest BCUT2D eigenvalue weighted by molar-refractivity contribution is 5.31. The van der Waals surface area contributed by atoms with Crippen LogP contribution in [0.15, 0.2) is 30.3 Å². The quantitative estimate of drug-likeness (QED) is 0.919. The van der Waals surface area contributed by atoms with Gasteiger partial charge in [0.05, 0.1) is 12.8 Å². The van der Waals surface area contributed by atoms with Gasteiger partial charge in [0.25, 0.3) is 0 Å². The van der Waals surface area contributed by atoms with Crippen molar-refractivity contribution in [2.45, 2.75) is 26.5 Å². The van der Waals surface area contributed by atoms with Gasteiger partial charge in [0.1, 0.15) is 23.9 Å². The Hall–Kier alpha value is -2.14. The van der Waals surface area contributed by atoms with Gasteiger partial charge in [0.2, 0.25) is 0 Å². The summed E-state index contributed by atoms with van der Waals surface area (Å²) in [6.45, 7) is 3.86. The molecule has 0 spiro atoms. The van der Waals surface area contributed by atoms with Crippen molar-refractivity contribution in [3.05, 3.63) is 53.1 Å². The molecule has 1 atom stereocenters. The molecule has 0 bridgehead atoms. The van der Waals surface area contributed by atoms with Crippen LogP contribution in [0.4, 0.5) is 4.39 Å². The summed E-state index contributed by atoms with van der Waals surface area (Å²) in [4.78, 5) is 4.35. The highest BCUT2D eigenvalue weighted by atomic mass is 19.1. The Bertz CT molecular complexity index is 630. The third-order valence-electron chi connectivity index (χ3n) is 3.06. The molecule has 0 radical (unpaired) electrons. The van der Waals surface area contributed by atoms with Gasteiger partial charge in [0.15, 0.2) is 0 Å². The summed E-state index contributed by atoms with van der Waals surface area (Å²) in [5.74, 6) is 0.802. The third-order valence-corrected chi connectivity index (χ3v) is 3.06. The Morgan fingerprint density at radius 1 is 1.24 bits per heavy atom. The number of methoxy groups -OCH3 is 1. The van der Waals surface area contributed by atoms with Gasteiger partial charge in [-0.3, -0.25) is 4.98 Å². The normalized spacial score (nSPS) is 12.0. The SMILES string of the molecule is COc1cc(C)nc(COc2ccc(C(C)N)c(F)c2)c1. The molecule has 0 aliphatic rings. The number of pyridine rings is 1. The minimum absolute atomic E-state index is 0.245. The molecule has 112 valence electrons. The van der Waals surface area contributed by atoms with E-state index in [9.17, 15) is 4.39 Å². The van der Waals surface area contributed by atoms with E-state index in [-0.39, 0.29) is 18.5 Å². The van der Waals surface area contributed by atoms with E-state index in [1.165, 1.54) is 6.07 Å². The lowest BCUT2D eigenvalue weighted by molar-refractivity contribution is 0.298. The van der Waals surface area contributed by atoms with Crippen LogP contribution in [-0.2, 0) is 6.61 Å². The summed E-state index contributed by atoms with van der Waals surface area (Å²) in [5, 5.41) is 0. The molecule has 1 aromatic carbocycles. The van der Waals surface area contributed by atoms with Crippen LogP contribution in [0, 0.1) is 12.7 Å². The second kappa shape index (κ2) is 6.54. The molecule has 0 amide bonds. The molecule has 1 unspecified atom stereocenters. The number of aromatic nitrogens is 1. The lowest BCUT2D eigenvalue weighted by Crippen LogP contribution is -2.07. The molecule has 2 rings (SSSR count). The molecule has 4 nitrogen and oxygen atoms in total. The van der Waals surface area contributed by atoms with Crippen molar-refractivity contribution < 1.29 is 13.9 Å². The van der Waals surface area contributed by atoms with E-state index in [0.717, 1.165) is 17.1 Å². The summed E-state index contributed by atoms with van der Waals surface area (Å²) in [6, 6.07) is 7.96. The van der Waals surface area contributed by atoms with Gasteiger partial charge < -0.3 is 15.2 Å². The first-order chi connectivity index (χ1) is 9.99. The van der Waals surface area contributed by atoms with E-state index in [2.05, 4.69) is 4.98 Å². The van der Waals surface area contributed by atoms with E-state index in [1.54, 1.807) is 32.2 Å². The standard InChI is InChI=1S/C16H19FN2O2/c1-10-6-14(20-3)7-12(19-10)9-21-13-4-5-15(11(2)18)16(17)8-13/h4-8,11H,9,18H2,1-3H3. The number of ether oxygens (including phenoxy) is 2. The van der Waals surface area contributed by atoms with Crippen molar-refractivity contribution in [2.24, 2.45) is 5.73 Å². The van der Waals surface area contributed by atoms with Crippen molar-refractivity contribution in [2.75, 3.05) is 7.11 Å².